The third-order valence-electron chi connectivity index (χ3n) is 5.90. The molecule has 1 aromatic carbocycles. The predicted octanol–water partition coefficient (Wildman–Crippen LogP) is 4.01. The lowest BCUT2D eigenvalue weighted by Crippen LogP contribution is -2.44. The molecular weight excluding hydrogens is 350 g/mol. The fourth-order valence-electron chi connectivity index (χ4n) is 4.48. The highest BCUT2D eigenvalue weighted by Gasteiger charge is 2.43. The molecule has 1 aromatic heterocycles. The summed E-state index contributed by atoms with van der Waals surface area (Å²) in [4.78, 5) is 32.4. The van der Waals surface area contributed by atoms with Crippen LogP contribution in [-0.4, -0.2) is 27.7 Å². The number of hydrogen-bond acceptors (Lipinski definition) is 3. The summed E-state index contributed by atoms with van der Waals surface area (Å²) in [7, 11) is 0. The largest absolute Gasteiger partial charge is 0.350 e. The van der Waals surface area contributed by atoms with Crippen LogP contribution in [0.25, 0.3) is 0 Å². The van der Waals surface area contributed by atoms with Crippen molar-refractivity contribution < 1.29 is 9.59 Å². The van der Waals surface area contributed by atoms with Crippen molar-refractivity contribution in [2.75, 3.05) is 0 Å². The van der Waals surface area contributed by atoms with Crippen molar-refractivity contribution in [2.45, 2.75) is 63.6 Å². The second-order valence-electron chi connectivity index (χ2n) is 7.78. The fourth-order valence-corrected chi connectivity index (χ4v) is 4.48. The van der Waals surface area contributed by atoms with Crippen LogP contribution in [0.3, 0.4) is 0 Å². The maximum Gasteiger partial charge on any atom is 0.255 e. The van der Waals surface area contributed by atoms with Crippen LogP contribution < -0.4 is 5.32 Å². The van der Waals surface area contributed by atoms with Crippen LogP contribution in [0.1, 0.15) is 72.5 Å². The molecule has 2 aromatic rings. The second kappa shape index (κ2) is 8.55. The highest BCUT2D eigenvalue weighted by atomic mass is 16.2. The minimum Gasteiger partial charge on any atom is -0.350 e. The third-order valence-corrected chi connectivity index (χ3v) is 5.90. The molecule has 4 rings (SSSR count). The number of amides is 2. The van der Waals surface area contributed by atoms with Crippen LogP contribution in [0.15, 0.2) is 48.8 Å². The molecule has 1 N–H and O–H groups in total. The average Bonchev–Trinajstić information content (AvgIpc) is 3.00. The Balaban J connectivity index is 1.58. The normalized spacial score (nSPS) is 20.4. The van der Waals surface area contributed by atoms with E-state index in [0.717, 1.165) is 36.8 Å². The molecule has 1 fully saturated rings. The van der Waals surface area contributed by atoms with E-state index in [1.807, 2.05) is 41.3 Å². The van der Waals surface area contributed by atoms with Crippen LogP contribution in [0.5, 0.6) is 0 Å². The van der Waals surface area contributed by atoms with Gasteiger partial charge in [-0.3, -0.25) is 14.6 Å². The van der Waals surface area contributed by atoms with Crippen molar-refractivity contribution in [1.82, 2.24) is 15.2 Å². The molecule has 0 radical (unpaired) electrons. The van der Waals surface area contributed by atoms with Gasteiger partial charge < -0.3 is 10.2 Å². The minimum absolute atomic E-state index is 0.00250. The van der Waals surface area contributed by atoms with E-state index in [2.05, 4.69) is 10.3 Å². The number of aromatic nitrogens is 1. The van der Waals surface area contributed by atoms with Gasteiger partial charge in [-0.2, -0.15) is 0 Å². The first-order chi connectivity index (χ1) is 13.8. The number of carbonyl (C=O) groups is 2. The Morgan fingerprint density at radius 2 is 1.79 bits per heavy atom. The van der Waals surface area contributed by atoms with Gasteiger partial charge in [0, 0.05) is 30.5 Å². The first-order valence-electron chi connectivity index (χ1n) is 10.3. The summed E-state index contributed by atoms with van der Waals surface area (Å²) in [5, 5.41) is 3.03. The van der Waals surface area contributed by atoms with Crippen molar-refractivity contribution >= 4 is 11.8 Å². The van der Waals surface area contributed by atoms with Gasteiger partial charge in [-0.25, -0.2) is 0 Å². The van der Waals surface area contributed by atoms with Crippen molar-refractivity contribution in [2.24, 2.45) is 0 Å². The lowest BCUT2D eigenvalue weighted by atomic mass is 9.94. The van der Waals surface area contributed by atoms with E-state index in [1.165, 1.54) is 19.3 Å². The van der Waals surface area contributed by atoms with Gasteiger partial charge in [0.05, 0.1) is 0 Å². The van der Waals surface area contributed by atoms with Crippen LogP contribution in [0.2, 0.25) is 0 Å². The summed E-state index contributed by atoms with van der Waals surface area (Å²) in [6, 6.07) is 11.0. The number of fused-ring (bicyclic) bond motifs is 1. The summed E-state index contributed by atoms with van der Waals surface area (Å²) in [6.45, 7) is 0.415. The molecule has 1 saturated carbocycles. The smallest absolute Gasteiger partial charge is 0.255 e. The molecule has 1 atom stereocenters. The van der Waals surface area contributed by atoms with Gasteiger partial charge in [0.25, 0.3) is 5.91 Å². The molecule has 28 heavy (non-hydrogen) atoms. The number of benzene rings is 1. The Kier molecular flexibility index (Phi) is 5.70. The van der Waals surface area contributed by atoms with Crippen LogP contribution in [0, 0.1) is 0 Å². The SMILES string of the molecule is O=C(NCc1cccnc1)[C@H]1c2ccccc2C(=O)N1C1CCCCCCC1. The summed E-state index contributed by atoms with van der Waals surface area (Å²) < 4.78 is 0. The van der Waals surface area contributed by atoms with E-state index in [9.17, 15) is 9.59 Å². The van der Waals surface area contributed by atoms with Gasteiger partial charge in [-0.1, -0.05) is 56.4 Å². The summed E-state index contributed by atoms with van der Waals surface area (Å²) in [5.41, 5.74) is 2.45. The zero-order valence-electron chi connectivity index (χ0n) is 16.1. The standard InChI is InChI=1S/C23H27N3O2/c27-22(25-16-17-9-8-14-24-15-17)21-19-12-6-7-13-20(19)23(28)26(21)18-10-4-2-1-3-5-11-18/h6-9,12-15,18,21H,1-5,10-11,16H2,(H,25,27)/t21-/m1/s1. The molecule has 0 saturated heterocycles. The van der Waals surface area contributed by atoms with Gasteiger partial charge in [0.15, 0.2) is 0 Å². The number of nitrogens with zero attached hydrogens (tertiary/aromatic N) is 2. The van der Waals surface area contributed by atoms with Crippen molar-refractivity contribution in [3.63, 3.8) is 0 Å². The van der Waals surface area contributed by atoms with Gasteiger partial charge >= 0.3 is 0 Å². The number of rotatable bonds is 4. The summed E-state index contributed by atoms with van der Waals surface area (Å²) in [6.07, 6.45) is 11.4. The molecule has 146 valence electrons. The summed E-state index contributed by atoms with van der Waals surface area (Å²) >= 11 is 0. The van der Waals surface area contributed by atoms with E-state index >= 15 is 0 Å². The molecule has 2 heterocycles. The van der Waals surface area contributed by atoms with Crippen molar-refractivity contribution in [1.29, 1.82) is 0 Å². The first kappa shape index (κ1) is 18.7. The maximum atomic E-state index is 13.2. The monoisotopic (exact) mass is 377 g/mol. The van der Waals surface area contributed by atoms with Gasteiger partial charge in [-0.05, 0) is 36.1 Å². The lowest BCUT2D eigenvalue weighted by molar-refractivity contribution is -0.126. The number of nitrogens with one attached hydrogen (secondary N) is 1. The van der Waals surface area contributed by atoms with Crippen molar-refractivity contribution in [3.05, 3.63) is 65.5 Å². The Morgan fingerprint density at radius 3 is 2.54 bits per heavy atom. The number of pyridine rings is 1. The Morgan fingerprint density at radius 1 is 1.04 bits per heavy atom. The molecule has 5 heteroatoms. The molecular formula is C23H27N3O2. The van der Waals surface area contributed by atoms with Crippen LogP contribution in [-0.2, 0) is 11.3 Å². The molecule has 1 aliphatic carbocycles. The maximum absolute atomic E-state index is 13.2. The fraction of sp³-hybridized carbons (Fsp3) is 0.435. The van der Waals surface area contributed by atoms with Crippen molar-refractivity contribution in [3.8, 4) is 0 Å². The zero-order chi connectivity index (χ0) is 19.3. The van der Waals surface area contributed by atoms with Gasteiger partial charge in [-0.15, -0.1) is 0 Å². The van der Waals surface area contributed by atoms with E-state index in [-0.39, 0.29) is 17.9 Å². The van der Waals surface area contributed by atoms with E-state index in [0.29, 0.717) is 12.1 Å². The second-order valence-corrected chi connectivity index (χ2v) is 7.78. The molecule has 2 amide bonds. The van der Waals surface area contributed by atoms with E-state index in [4.69, 9.17) is 0 Å². The zero-order valence-corrected chi connectivity index (χ0v) is 16.1. The quantitative estimate of drug-likeness (QED) is 0.876. The highest BCUT2D eigenvalue weighted by Crippen LogP contribution is 2.38. The molecule has 2 aliphatic rings. The summed E-state index contributed by atoms with van der Waals surface area (Å²) in [5.74, 6) is -0.105. The van der Waals surface area contributed by atoms with Crippen LogP contribution >= 0.6 is 0 Å². The number of hydrogen-bond donors (Lipinski definition) is 1. The van der Waals surface area contributed by atoms with E-state index in [1.54, 1.807) is 12.4 Å². The topological polar surface area (TPSA) is 62.3 Å². The number of carbonyl (C=O) groups excluding carboxylic acids is 2. The molecule has 1 aliphatic heterocycles. The Hall–Kier alpha value is -2.69. The van der Waals surface area contributed by atoms with E-state index < -0.39 is 6.04 Å². The Labute approximate surface area is 166 Å². The minimum atomic E-state index is -0.537. The molecule has 0 unspecified atom stereocenters. The van der Waals surface area contributed by atoms with Crippen LogP contribution in [0.4, 0.5) is 0 Å². The molecule has 5 nitrogen and oxygen atoms in total. The van der Waals surface area contributed by atoms with Gasteiger partial charge in [0.2, 0.25) is 5.91 Å². The first-order valence-corrected chi connectivity index (χ1v) is 10.3. The Bertz CT molecular complexity index is 829. The lowest BCUT2D eigenvalue weighted by Gasteiger charge is -2.34. The molecule has 0 spiro atoms. The van der Waals surface area contributed by atoms with Gasteiger partial charge in [0.1, 0.15) is 6.04 Å². The average molecular weight is 377 g/mol. The molecule has 0 bridgehead atoms. The highest BCUT2D eigenvalue weighted by molar-refractivity contribution is 6.04. The predicted molar refractivity (Wildman–Crippen MR) is 108 cm³/mol. The third kappa shape index (κ3) is 3.79.